The number of nitrogens with one attached hydrogen (secondary N) is 1. The van der Waals surface area contributed by atoms with Gasteiger partial charge in [-0.15, -0.1) is 0 Å². The number of carbonyl (C=O) groups is 2. The highest BCUT2D eigenvalue weighted by atomic mass is 16.3. The zero-order valence-corrected chi connectivity index (χ0v) is 20.2. The predicted molar refractivity (Wildman–Crippen MR) is 136 cm³/mol. The van der Waals surface area contributed by atoms with Crippen LogP contribution in [0.1, 0.15) is 35.2 Å². The van der Waals surface area contributed by atoms with Crippen molar-refractivity contribution in [3.05, 3.63) is 107 Å². The SMILES string of the molecule is CCc1ccc(C2C(=C(O)c3cccnc3)C(=O)C(=O)N2CCc2c[nH]c3ccccc23)cc1.O=C=O. The second-order valence-electron chi connectivity index (χ2n) is 8.52. The van der Waals surface area contributed by atoms with E-state index in [1.54, 1.807) is 23.2 Å². The summed E-state index contributed by atoms with van der Waals surface area (Å²) in [5, 5.41) is 12.2. The first-order valence-corrected chi connectivity index (χ1v) is 11.8. The number of rotatable bonds is 6. The Balaban J connectivity index is 0.00000102. The van der Waals surface area contributed by atoms with E-state index in [1.165, 1.54) is 6.20 Å². The number of H-pyrrole nitrogens is 1. The predicted octanol–water partition coefficient (Wildman–Crippen LogP) is 4.21. The fourth-order valence-corrected chi connectivity index (χ4v) is 4.63. The minimum Gasteiger partial charge on any atom is -0.507 e. The maximum Gasteiger partial charge on any atom is 0.373 e. The smallest absolute Gasteiger partial charge is 0.373 e. The second-order valence-corrected chi connectivity index (χ2v) is 8.52. The van der Waals surface area contributed by atoms with Gasteiger partial charge in [0.2, 0.25) is 0 Å². The third-order valence-corrected chi connectivity index (χ3v) is 6.48. The molecule has 4 aromatic rings. The normalized spacial score (nSPS) is 16.4. The molecule has 2 aromatic carbocycles. The van der Waals surface area contributed by atoms with E-state index in [1.807, 2.05) is 54.7 Å². The topological polar surface area (TPSA) is 120 Å². The quantitative estimate of drug-likeness (QED) is 0.235. The van der Waals surface area contributed by atoms with Gasteiger partial charge in [-0.25, -0.2) is 0 Å². The number of aromatic amines is 1. The molecule has 0 saturated carbocycles. The lowest BCUT2D eigenvalue weighted by Gasteiger charge is -2.25. The number of aliphatic hydroxyl groups excluding tert-OH is 1. The Bertz CT molecular complexity index is 1480. The summed E-state index contributed by atoms with van der Waals surface area (Å²) in [5.74, 6) is -1.48. The fourth-order valence-electron chi connectivity index (χ4n) is 4.63. The van der Waals surface area contributed by atoms with Crippen molar-refractivity contribution in [3.8, 4) is 0 Å². The molecule has 0 radical (unpaired) electrons. The van der Waals surface area contributed by atoms with Crippen molar-refractivity contribution in [1.82, 2.24) is 14.9 Å². The molecular weight excluding hydrogens is 470 g/mol. The third kappa shape index (κ3) is 5.10. The highest BCUT2D eigenvalue weighted by Crippen LogP contribution is 2.39. The molecule has 0 bridgehead atoms. The number of benzene rings is 2. The Kier molecular flexibility index (Phi) is 7.71. The van der Waals surface area contributed by atoms with Crippen LogP contribution in [0.3, 0.4) is 0 Å². The maximum atomic E-state index is 13.2. The zero-order valence-electron chi connectivity index (χ0n) is 20.2. The number of ketones is 1. The van der Waals surface area contributed by atoms with Crippen LogP contribution in [-0.4, -0.2) is 44.4 Å². The molecule has 37 heavy (non-hydrogen) atoms. The Morgan fingerprint density at radius 2 is 1.78 bits per heavy atom. The summed E-state index contributed by atoms with van der Waals surface area (Å²) in [6.07, 6.45) is 6.75. The van der Waals surface area contributed by atoms with Crippen LogP contribution in [0.15, 0.2) is 84.8 Å². The molecule has 1 saturated heterocycles. The minimum absolute atomic E-state index is 0.0983. The molecule has 1 fully saturated rings. The number of fused-ring (bicyclic) bond motifs is 1. The molecular formula is C29H25N3O5. The number of amides is 1. The van der Waals surface area contributed by atoms with Crippen LogP contribution in [0.25, 0.3) is 16.7 Å². The zero-order chi connectivity index (χ0) is 26.4. The lowest BCUT2D eigenvalue weighted by molar-refractivity contribution is -0.191. The first-order chi connectivity index (χ1) is 18.0. The van der Waals surface area contributed by atoms with Gasteiger partial charge in [0.15, 0.2) is 0 Å². The molecule has 1 unspecified atom stereocenters. The molecule has 0 aliphatic carbocycles. The van der Waals surface area contributed by atoms with Crippen molar-refractivity contribution in [2.75, 3.05) is 6.54 Å². The van der Waals surface area contributed by atoms with Crippen molar-refractivity contribution in [1.29, 1.82) is 0 Å². The van der Waals surface area contributed by atoms with E-state index < -0.39 is 17.7 Å². The molecule has 186 valence electrons. The van der Waals surface area contributed by atoms with Gasteiger partial charge in [-0.2, -0.15) is 9.59 Å². The lowest BCUT2D eigenvalue weighted by Crippen LogP contribution is -2.31. The van der Waals surface area contributed by atoms with Crippen molar-refractivity contribution in [3.63, 3.8) is 0 Å². The number of hydrogen-bond donors (Lipinski definition) is 2. The largest absolute Gasteiger partial charge is 0.507 e. The van der Waals surface area contributed by atoms with Crippen LogP contribution in [0.4, 0.5) is 0 Å². The summed E-state index contributed by atoms with van der Waals surface area (Å²) >= 11 is 0. The number of Topliss-reactive ketones (excluding diaryl/α,β-unsaturated/α-hetero) is 1. The Morgan fingerprint density at radius 3 is 2.46 bits per heavy atom. The third-order valence-electron chi connectivity index (χ3n) is 6.48. The number of aliphatic hydroxyl groups is 1. The van der Waals surface area contributed by atoms with Crippen LogP contribution in [0.5, 0.6) is 0 Å². The molecule has 2 N–H and O–H groups in total. The second kappa shape index (κ2) is 11.3. The maximum absolute atomic E-state index is 13.2. The van der Waals surface area contributed by atoms with E-state index in [0.717, 1.165) is 34.0 Å². The molecule has 2 aromatic heterocycles. The van der Waals surface area contributed by atoms with Gasteiger partial charge in [-0.05, 0) is 47.7 Å². The first kappa shape index (κ1) is 25.3. The van der Waals surface area contributed by atoms with Gasteiger partial charge in [0, 0.05) is 41.6 Å². The number of aryl methyl sites for hydroxylation is 1. The summed E-state index contributed by atoms with van der Waals surface area (Å²) in [6, 6.07) is 18.6. The van der Waals surface area contributed by atoms with Gasteiger partial charge in [-0.1, -0.05) is 49.4 Å². The molecule has 1 aliphatic rings. The molecule has 8 heteroatoms. The number of hydrogen-bond acceptors (Lipinski definition) is 6. The number of para-hydroxylation sites is 1. The summed E-state index contributed by atoms with van der Waals surface area (Å²) < 4.78 is 0. The molecule has 3 heterocycles. The van der Waals surface area contributed by atoms with E-state index in [-0.39, 0.29) is 17.5 Å². The van der Waals surface area contributed by atoms with Gasteiger partial charge in [0.25, 0.3) is 11.7 Å². The number of pyridine rings is 1. The number of carbonyl (C=O) groups excluding carboxylic acids is 4. The van der Waals surface area contributed by atoms with E-state index in [0.29, 0.717) is 18.5 Å². The average molecular weight is 496 g/mol. The number of likely N-dealkylation sites (tertiary alicyclic amines) is 1. The molecule has 1 atom stereocenters. The summed E-state index contributed by atoms with van der Waals surface area (Å²) in [4.78, 5) is 51.5. The van der Waals surface area contributed by atoms with Crippen molar-refractivity contribution in [2.45, 2.75) is 25.8 Å². The van der Waals surface area contributed by atoms with Crippen molar-refractivity contribution in [2.24, 2.45) is 0 Å². The number of nitrogens with zero attached hydrogens (tertiary/aromatic N) is 2. The van der Waals surface area contributed by atoms with E-state index in [2.05, 4.69) is 16.9 Å². The van der Waals surface area contributed by atoms with Gasteiger partial charge < -0.3 is 15.0 Å². The van der Waals surface area contributed by atoms with Gasteiger partial charge >= 0.3 is 6.15 Å². The molecule has 1 aliphatic heterocycles. The van der Waals surface area contributed by atoms with Crippen molar-refractivity contribution >= 4 is 34.5 Å². The molecule has 5 rings (SSSR count). The Morgan fingerprint density at radius 1 is 1.05 bits per heavy atom. The molecule has 0 spiro atoms. The monoisotopic (exact) mass is 495 g/mol. The highest BCUT2D eigenvalue weighted by molar-refractivity contribution is 6.46. The minimum atomic E-state index is -0.676. The van der Waals surface area contributed by atoms with Crippen LogP contribution < -0.4 is 0 Å². The van der Waals surface area contributed by atoms with Crippen LogP contribution in [0.2, 0.25) is 0 Å². The highest BCUT2D eigenvalue weighted by Gasteiger charge is 2.45. The summed E-state index contributed by atoms with van der Waals surface area (Å²) in [6.45, 7) is 2.42. The summed E-state index contributed by atoms with van der Waals surface area (Å²) in [7, 11) is 0. The van der Waals surface area contributed by atoms with Crippen LogP contribution >= 0.6 is 0 Å². The van der Waals surface area contributed by atoms with Gasteiger partial charge in [0.05, 0.1) is 11.6 Å². The van der Waals surface area contributed by atoms with Crippen molar-refractivity contribution < 1.29 is 24.3 Å². The van der Waals surface area contributed by atoms with Gasteiger partial charge in [-0.3, -0.25) is 14.6 Å². The average Bonchev–Trinajstić information content (AvgIpc) is 3.46. The number of aromatic nitrogens is 2. The van der Waals surface area contributed by atoms with Gasteiger partial charge in [0.1, 0.15) is 5.76 Å². The van der Waals surface area contributed by atoms with Crippen LogP contribution in [0, 0.1) is 0 Å². The van der Waals surface area contributed by atoms with E-state index in [9.17, 15) is 14.7 Å². The Hall–Kier alpha value is -4.81. The molecule has 1 amide bonds. The van der Waals surface area contributed by atoms with E-state index in [4.69, 9.17) is 9.59 Å². The van der Waals surface area contributed by atoms with E-state index >= 15 is 0 Å². The standard InChI is InChI=1S/C28H25N3O3.CO2/c1-2-18-9-11-19(12-10-18)25-24(26(32)21-6-5-14-29-16-21)27(33)28(34)31(25)15-13-20-17-30-23-8-4-3-7-22(20)23;2-1-3/h3-12,14,16-17,25,30,32H,2,13,15H2,1H3;. The summed E-state index contributed by atoms with van der Waals surface area (Å²) in [5.41, 5.74) is 4.56. The fraction of sp³-hybridized carbons (Fsp3) is 0.172. The Labute approximate surface area is 213 Å². The first-order valence-electron chi connectivity index (χ1n) is 11.8. The molecule has 8 nitrogen and oxygen atoms in total. The lowest BCUT2D eigenvalue weighted by atomic mass is 9.94. The van der Waals surface area contributed by atoms with Crippen LogP contribution in [-0.2, 0) is 32.0 Å².